The zero-order chi connectivity index (χ0) is 24.2. The zero-order valence-electron chi connectivity index (χ0n) is 18.7. The van der Waals surface area contributed by atoms with E-state index >= 15 is 0 Å². The van der Waals surface area contributed by atoms with Gasteiger partial charge >= 0.3 is 19.8 Å². The van der Waals surface area contributed by atoms with Crippen LogP contribution in [-0.4, -0.2) is 44.9 Å². The maximum absolute atomic E-state index is 12.7. The fourth-order valence-corrected chi connectivity index (χ4v) is 2.81. The third-order valence-corrected chi connectivity index (χ3v) is 3.77. The van der Waals surface area contributed by atoms with E-state index in [1.165, 1.54) is 12.1 Å². The van der Waals surface area contributed by atoms with Crippen LogP contribution in [0.2, 0.25) is 0 Å². The number of hydrogen-bond acceptors (Lipinski definition) is 7. The van der Waals surface area contributed by atoms with Gasteiger partial charge in [0.2, 0.25) is 0 Å². The van der Waals surface area contributed by atoms with E-state index in [-0.39, 0.29) is 11.3 Å². The molecule has 0 unspecified atom stereocenters. The third kappa shape index (κ3) is 11.0. The molecule has 0 radical (unpaired) electrons. The Balaban J connectivity index is 3.12. The monoisotopic (exact) mass is 459 g/mol. The van der Waals surface area contributed by atoms with Crippen LogP contribution in [0.25, 0.3) is 0 Å². The molecule has 31 heavy (non-hydrogen) atoms. The molecule has 1 aromatic rings. The molecule has 11 heteroatoms. The number of ether oxygens (including phenoxy) is 2. The van der Waals surface area contributed by atoms with E-state index in [0.717, 1.165) is 6.07 Å². The Hall–Kier alpha value is -2.42. The standard InChI is InChI=1S/C20H30NO9P/c1-12-8-13(10-14(9-12)30-31(25,26)27)17(23)21-15(18(24)29-20(5,6)7)11-16(22)28-19(2,3)4/h8-10,15H,11H2,1-7H3,(H,21,23)(H2,25,26,27)/t15-/m0/s1. The van der Waals surface area contributed by atoms with Crippen molar-refractivity contribution in [2.75, 3.05) is 0 Å². The number of nitrogens with one attached hydrogen (secondary N) is 1. The zero-order valence-corrected chi connectivity index (χ0v) is 19.6. The molecule has 1 amide bonds. The van der Waals surface area contributed by atoms with Crippen LogP contribution < -0.4 is 9.84 Å². The Labute approximate surface area is 181 Å². The summed E-state index contributed by atoms with van der Waals surface area (Å²) in [7, 11) is -4.83. The normalized spacial score (nSPS) is 13.2. The van der Waals surface area contributed by atoms with Crippen LogP contribution in [0.5, 0.6) is 5.75 Å². The Kier molecular flexibility index (Phi) is 8.42. The lowest BCUT2D eigenvalue weighted by Crippen LogP contribution is -2.46. The summed E-state index contributed by atoms with van der Waals surface area (Å²) in [5, 5.41) is 2.43. The molecule has 0 spiro atoms. The van der Waals surface area contributed by atoms with E-state index in [4.69, 9.17) is 19.3 Å². The lowest BCUT2D eigenvalue weighted by Gasteiger charge is -2.25. The molecule has 0 aliphatic heterocycles. The van der Waals surface area contributed by atoms with Crippen LogP contribution in [0.3, 0.4) is 0 Å². The SMILES string of the molecule is Cc1cc(OP(=O)(O)O)cc(C(=O)N[C@@H](CC(=O)OC(C)(C)C)C(=O)OC(C)(C)C)c1. The van der Waals surface area contributed by atoms with Gasteiger partial charge in [0.15, 0.2) is 0 Å². The second kappa shape index (κ2) is 9.80. The maximum atomic E-state index is 12.7. The van der Waals surface area contributed by atoms with Crippen molar-refractivity contribution in [3.63, 3.8) is 0 Å². The Bertz CT molecular complexity index is 878. The average molecular weight is 459 g/mol. The molecular formula is C20H30NO9P. The van der Waals surface area contributed by atoms with E-state index < -0.39 is 49.3 Å². The quantitative estimate of drug-likeness (QED) is 0.413. The summed E-state index contributed by atoms with van der Waals surface area (Å²) in [5.41, 5.74) is -1.19. The predicted octanol–water partition coefficient (Wildman–Crippen LogP) is 2.64. The molecule has 0 aliphatic rings. The first-order valence-electron chi connectivity index (χ1n) is 9.47. The van der Waals surface area contributed by atoms with E-state index in [0.29, 0.717) is 5.56 Å². The van der Waals surface area contributed by atoms with Gasteiger partial charge in [-0.2, -0.15) is 0 Å². The number of phosphoric ester groups is 1. The molecular weight excluding hydrogens is 429 g/mol. The van der Waals surface area contributed by atoms with Crippen LogP contribution in [0.4, 0.5) is 0 Å². The number of carbonyl (C=O) groups excluding carboxylic acids is 3. The van der Waals surface area contributed by atoms with Crippen molar-refractivity contribution in [3.05, 3.63) is 29.3 Å². The lowest BCUT2D eigenvalue weighted by atomic mass is 10.1. The first kappa shape index (κ1) is 26.6. The topological polar surface area (TPSA) is 148 Å². The summed E-state index contributed by atoms with van der Waals surface area (Å²) in [4.78, 5) is 55.5. The van der Waals surface area contributed by atoms with Gasteiger partial charge in [0.05, 0.1) is 6.42 Å². The molecule has 0 heterocycles. The minimum absolute atomic E-state index is 0.0267. The molecule has 3 N–H and O–H groups in total. The summed E-state index contributed by atoms with van der Waals surface area (Å²) in [6, 6.07) is 2.54. The third-order valence-electron chi connectivity index (χ3n) is 3.32. The second-order valence-electron chi connectivity index (χ2n) is 8.97. The van der Waals surface area contributed by atoms with E-state index in [9.17, 15) is 18.9 Å². The van der Waals surface area contributed by atoms with Crippen LogP contribution in [-0.2, 0) is 23.6 Å². The molecule has 0 aliphatic carbocycles. The number of rotatable bonds is 7. The van der Waals surface area contributed by atoms with Gasteiger partial charge in [-0.1, -0.05) is 0 Å². The van der Waals surface area contributed by atoms with Gasteiger partial charge in [-0.15, -0.1) is 0 Å². The summed E-state index contributed by atoms with van der Waals surface area (Å²) in [6.45, 7) is 11.5. The molecule has 1 aromatic carbocycles. The van der Waals surface area contributed by atoms with Crippen molar-refractivity contribution in [1.29, 1.82) is 0 Å². The van der Waals surface area contributed by atoms with Crippen molar-refractivity contribution in [3.8, 4) is 5.75 Å². The van der Waals surface area contributed by atoms with Crippen LogP contribution in [0.1, 0.15) is 63.9 Å². The minimum Gasteiger partial charge on any atom is -0.460 e. The molecule has 0 bridgehead atoms. The van der Waals surface area contributed by atoms with E-state index in [2.05, 4.69) is 9.84 Å². The molecule has 174 valence electrons. The van der Waals surface area contributed by atoms with Gasteiger partial charge in [-0.25, -0.2) is 9.36 Å². The molecule has 1 atom stereocenters. The highest BCUT2D eigenvalue weighted by molar-refractivity contribution is 7.46. The van der Waals surface area contributed by atoms with Gasteiger partial charge in [-0.05, 0) is 72.2 Å². The molecule has 0 saturated carbocycles. The van der Waals surface area contributed by atoms with Crippen molar-refractivity contribution < 1.29 is 42.7 Å². The Morgan fingerprint density at radius 3 is 2.03 bits per heavy atom. The fraction of sp³-hybridized carbons (Fsp3) is 0.550. The Morgan fingerprint density at radius 2 is 1.55 bits per heavy atom. The largest absolute Gasteiger partial charge is 0.524 e. The first-order valence-corrected chi connectivity index (χ1v) is 11.0. The van der Waals surface area contributed by atoms with Crippen LogP contribution in [0.15, 0.2) is 18.2 Å². The van der Waals surface area contributed by atoms with E-state index in [1.54, 1.807) is 48.5 Å². The number of benzene rings is 1. The predicted molar refractivity (Wildman–Crippen MR) is 111 cm³/mol. The number of aryl methyl sites for hydroxylation is 1. The Morgan fingerprint density at radius 1 is 1.00 bits per heavy atom. The number of hydrogen-bond donors (Lipinski definition) is 3. The van der Waals surface area contributed by atoms with Gasteiger partial charge in [-0.3, -0.25) is 19.4 Å². The number of phosphoric acid groups is 1. The number of amides is 1. The number of carbonyl (C=O) groups is 3. The van der Waals surface area contributed by atoms with Gasteiger partial charge in [0.25, 0.3) is 5.91 Å². The van der Waals surface area contributed by atoms with Crippen LogP contribution >= 0.6 is 7.82 Å². The second-order valence-corrected chi connectivity index (χ2v) is 10.1. The number of esters is 2. The lowest BCUT2D eigenvalue weighted by molar-refractivity contribution is -0.164. The van der Waals surface area contributed by atoms with Crippen molar-refractivity contribution in [2.24, 2.45) is 0 Å². The highest BCUT2D eigenvalue weighted by Crippen LogP contribution is 2.38. The maximum Gasteiger partial charge on any atom is 0.524 e. The summed E-state index contributed by atoms with van der Waals surface area (Å²) in [6.07, 6.45) is -0.463. The fourth-order valence-electron chi connectivity index (χ4n) is 2.43. The molecule has 1 rings (SSSR count). The highest BCUT2D eigenvalue weighted by Gasteiger charge is 2.31. The average Bonchev–Trinajstić information content (AvgIpc) is 2.48. The van der Waals surface area contributed by atoms with Gasteiger partial charge in [0.1, 0.15) is 23.0 Å². The van der Waals surface area contributed by atoms with Crippen molar-refractivity contribution in [2.45, 2.75) is 72.1 Å². The first-order chi connectivity index (χ1) is 13.8. The van der Waals surface area contributed by atoms with Crippen LogP contribution in [0, 0.1) is 6.92 Å². The molecule has 0 saturated heterocycles. The molecule has 10 nitrogen and oxygen atoms in total. The van der Waals surface area contributed by atoms with E-state index in [1.807, 2.05) is 0 Å². The molecule has 0 aromatic heterocycles. The molecule has 0 fully saturated rings. The van der Waals surface area contributed by atoms with Gasteiger partial charge in [0, 0.05) is 5.56 Å². The summed E-state index contributed by atoms with van der Waals surface area (Å²) >= 11 is 0. The smallest absolute Gasteiger partial charge is 0.460 e. The van der Waals surface area contributed by atoms with Gasteiger partial charge < -0.3 is 19.3 Å². The van der Waals surface area contributed by atoms with Crippen molar-refractivity contribution >= 4 is 25.7 Å². The highest BCUT2D eigenvalue weighted by atomic mass is 31.2. The minimum atomic E-state index is -4.83. The van der Waals surface area contributed by atoms with Crippen molar-refractivity contribution in [1.82, 2.24) is 5.32 Å². The summed E-state index contributed by atoms with van der Waals surface area (Å²) in [5.74, 6) is -2.53. The summed E-state index contributed by atoms with van der Waals surface area (Å²) < 4.78 is 26.1.